The van der Waals surface area contributed by atoms with E-state index in [2.05, 4.69) is 10.2 Å². The van der Waals surface area contributed by atoms with Gasteiger partial charge in [-0.05, 0) is 27.7 Å². The zero-order valence-electron chi connectivity index (χ0n) is 12.6. The fraction of sp³-hybridized carbons (Fsp3) is 0.583. The van der Waals surface area contributed by atoms with Crippen LogP contribution in [-0.4, -0.2) is 43.0 Å². The molecule has 0 aliphatic rings. The second kappa shape index (κ2) is 9.45. The summed E-state index contributed by atoms with van der Waals surface area (Å²) >= 11 is 0. The van der Waals surface area contributed by atoms with Crippen molar-refractivity contribution in [3.8, 4) is 0 Å². The Morgan fingerprint density at radius 2 is 1.52 bits per heavy atom. The highest BCUT2D eigenvalue weighted by molar-refractivity contribution is 5.93. The van der Waals surface area contributed by atoms with Gasteiger partial charge in [-0.25, -0.2) is 19.8 Å². The van der Waals surface area contributed by atoms with E-state index in [1.807, 2.05) is 0 Å². The largest absolute Gasteiger partial charge is 0.461 e. The number of nitrogens with one attached hydrogen (secondary N) is 1. The van der Waals surface area contributed by atoms with E-state index in [1.165, 1.54) is 6.92 Å². The van der Waals surface area contributed by atoms with Crippen molar-refractivity contribution in [2.24, 2.45) is 5.73 Å². The van der Waals surface area contributed by atoms with Gasteiger partial charge in [-0.15, -0.1) is 0 Å². The number of ether oxygens (including phenoxy) is 3. The van der Waals surface area contributed by atoms with E-state index in [-0.39, 0.29) is 31.2 Å². The second-order valence-electron chi connectivity index (χ2n) is 3.62. The van der Waals surface area contributed by atoms with Crippen LogP contribution < -0.4 is 11.2 Å². The molecular formula is C12H21N3O6. The molecule has 0 aromatic rings. The molecule has 0 saturated carbocycles. The van der Waals surface area contributed by atoms with Crippen LogP contribution >= 0.6 is 0 Å². The summed E-state index contributed by atoms with van der Waals surface area (Å²) in [6.07, 6.45) is -1.92. The molecule has 0 aromatic carbocycles. The summed E-state index contributed by atoms with van der Waals surface area (Å²) < 4.78 is 14.2. The molecule has 3 N–H and O–H groups in total. The molecule has 0 aliphatic carbocycles. The quantitative estimate of drug-likeness (QED) is 0.334. The van der Waals surface area contributed by atoms with Gasteiger partial charge in [0.05, 0.1) is 19.8 Å². The molecule has 0 aliphatic heterocycles. The Labute approximate surface area is 123 Å². The van der Waals surface area contributed by atoms with Crippen LogP contribution in [0.5, 0.6) is 0 Å². The number of carbonyl (C=O) groups excluding carboxylic acids is 3. The summed E-state index contributed by atoms with van der Waals surface area (Å²) in [5.41, 5.74) is 7.30. The Morgan fingerprint density at radius 3 is 1.95 bits per heavy atom. The van der Waals surface area contributed by atoms with Gasteiger partial charge in [0.1, 0.15) is 0 Å². The van der Waals surface area contributed by atoms with Gasteiger partial charge in [0.15, 0.2) is 5.70 Å². The Bertz CT molecular complexity index is 417. The van der Waals surface area contributed by atoms with Crippen molar-refractivity contribution in [3.63, 3.8) is 0 Å². The third-order valence-corrected chi connectivity index (χ3v) is 1.99. The van der Waals surface area contributed by atoms with Crippen molar-refractivity contribution in [2.75, 3.05) is 19.8 Å². The molecule has 2 amide bonds. The minimum atomic E-state index is -0.988. The third kappa shape index (κ3) is 6.02. The Hall–Kier alpha value is -2.45. The smallest absolute Gasteiger partial charge is 0.433 e. The highest BCUT2D eigenvalue weighted by Gasteiger charge is 2.30. The number of hydrogen-bond donors (Lipinski definition) is 2. The average molecular weight is 303 g/mol. The number of carbonyl (C=O) groups is 3. The minimum absolute atomic E-state index is 0.0294. The van der Waals surface area contributed by atoms with Crippen LogP contribution in [0.2, 0.25) is 0 Å². The zero-order chi connectivity index (χ0) is 16.4. The molecule has 0 aromatic heterocycles. The maximum Gasteiger partial charge on any atom is 0.433 e. The second-order valence-corrected chi connectivity index (χ2v) is 3.62. The van der Waals surface area contributed by atoms with Crippen LogP contribution in [0.1, 0.15) is 27.7 Å². The molecule has 0 radical (unpaired) electrons. The lowest BCUT2D eigenvalue weighted by atomic mass is 10.3. The zero-order valence-corrected chi connectivity index (χ0v) is 12.6. The van der Waals surface area contributed by atoms with Crippen LogP contribution in [0.3, 0.4) is 0 Å². The fourth-order valence-corrected chi connectivity index (χ4v) is 1.26. The van der Waals surface area contributed by atoms with Crippen LogP contribution in [-0.2, 0) is 19.0 Å². The van der Waals surface area contributed by atoms with Crippen molar-refractivity contribution in [1.29, 1.82) is 0 Å². The summed E-state index contributed by atoms with van der Waals surface area (Å²) in [5.74, 6) is -0.873. The molecular weight excluding hydrogens is 282 g/mol. The maximum absolute atomic E-state index is 11.9. The summed E-state index contributed by atoms with van der Waals surface area (Å²) in [5, 5.41) is 0.564. The Balaban J connectivity index is 5.41. The third-order valence-electron chi connectivity index (χ3n) is 1.99. The number of rotatable bonds is 5. The average Bonchev–Trinajstić information content (AvgIpc) is 2.38. The van der Waals surface area contributed by atoms with Crippen molar-refractivity contribution in [2.45, 2.75) is 27.7 Å². The molecule has 21 heavy (non-hydrogen) atoms. The lowest BCUT2D eigenvalue weighted by molar-refractivity contribution is -0.140. The van der Waals surface area contributed by atoms with Gasteiger partial charge < -0.3 is 19.9 Å². The predicted molar refractivity (Wildman–Crippen MR) is 72.5 cm³/mol. The van der Waals surface area contributed by atoms with Crippen molar-refractivity contribution < 1.29 is 28.6 Å². The number of amides is 2. The van der Waals surface area contributed by atoms with E-state index in [0.717, 1.165) is 0 Å². The first-order valence-corrected chi connectivity index (χ1v) is 6.42. The summed E-state index contributed by atoms with van der Waals surface area (Å²) in [6.45, 7) is 6.34. The first-order valence-electron chi connectivity index (χ1n) is 6.42. The monoisotopic (exact) mass is 303 g/mol. The Kier molecular flexibility index (Phi) is 8.35. The number of esters is 1. The van der Waals surface area contributed by atoms with Gasteiger partial charge >= 0.3 is 18.2 Å². The van der Waals surface area contributed by atoms with Gasteiger partial charge in [0.2, 0.25) is 0 Å². The molecule has 0 heterocycles. The van der Waals surface area contributed by atoms with Gasteiger partial charge in [0, 0.05) is 5.70 Å². The summed E-state index contributed by atoms with van der Waals surface area (Å²) in [7, 11) is 0. The van der Waals surface area contributed by atoms with Gasteiger partial charge in [-0.3, -0.25) is 0 Å². The van der Waals surface area contributed by atoms with Crippen molar-refractivity contribution in [3.05, 3.63) is 11.4 Å². The van der Waals surface area contributed by atoms with Gasteiger partial charge in [-0.2, -0.15) is 5.01 Å². The standard InChI is InChI=1S/C12H21N3O6/c1-5-19-10(16)9(8(4)13)15(12(18)21-7-3)14-11(17)20-6-2/h5-7,13H2,1-4H3,(H,14,17)/b9-8+. The fourth-order valence-electron chi connectivity index (χ4n) is 1.26. The van der Waals surface area contributed by atoms with Crippen LogP contribution in [0.25, 0.3) is 0 Å². The van der Waals surface area contributed by atoms with E-state index < -0.39 is 18.2 Å². The summed E-state index contributed by atoms with van der Waals surface area (Å²) in [6, 6.07) is 0. The van der Waals surface area contributed by atoms with Crippen molar-refractivity contribution in [1.82, 2.24) is 10.4 Å². The number of hydrogen-bond acceptors (Lipinski definition) is 7. The van der Waals surface area contributed by atoms with Crippen LogP contribution in [0.15, 0.2) is 11.4 Å². The topological polar surface area (TPSA) is 120 Å². The number of nitrogens with zero attached hydrogens (tertiary/aromatic N) is 1. The lowest BCUT2D eigenvalue weighted by Crippen LogP contribution is -2.48. The Morgan fingerprint density at radius 1 is 1.00 bits per heavy atom. The molecule has 0 unspecified atom stereocenters. The number of allylic oxidation sites excluding steroid dienone is 1. The predicted octanol–water partition coefficient (Wildman–Crippen LogP) is 0.859. The van der Waals surface area contributed by atoms with E-state index >= 15 is 0 Å². The van der Waals surface area contributed by atoms with E-state index in [0.29, 0.717) is 5.01 Å². The highest BCUT2D eigenvalue weighted by atomic mass is 16.6. The molecule has 0 bridgehead atoms. The van der Waals surface area contributed by atoms with Crippen LogP contribution in [0.4, 0.5) is 9.59 Å². The number of hydrazine groups is 1. The molecule has 120 valence electrons. The minimum Gasteiger partial charge on any atom is -0.461 e. The van der Waals surface area contributed by atoms with E-state index in [1.54, 1.807) is 20.8 Å². The normalized spacial score (nSPS) is 11.0. The first-order chi connectivity index (χ1) is 9.88. The molecule has 0 spiro atoms. The van der Waals surface area contributed by atoms with Gasteiger partial charge in [0.25, 0.3) is 0 Å². The molecule has 0 fully saturated rings. The van der Waals surface area contributed by atoms with Crippen LogP contribution in [0, 0.1) is 0 Å². The highest BCUT2D eigenvalue weighted by Crippen LogP contribution is 2.10. The summed E-state index contributed by atoms with van der Waals surface area (Å²) in [4.78, 5) is 35.2. The molecule has 0 atom stereocenters. The lowest BCUT2D eigenvalue weighted by Gasteiger charge is -2.24. The SMILES string of the molecule is CCOC(=O)NN(C(=O)OCC)/C(C(=O)OCC)=C(\C)N. The van der Waals surface area contributed by atoms with Crippen molar-refractivity contribution >= 4 is 18.2 Å². The first kappa shape index (κ1) is 18.6. The molecule has 9 heteroatoms. The van der Waals surface area contributed by atoms with E-state index in [4.69, 9.17) is 15.2 Å². The van der Waals surface area contributed by atoms with E-state index in [9.17, 15) is 14.4 Å². The number of nitrogens with two attached hydrogens (primary N) is 1. The maximum atomic E-state index is 11.9. The van der Waals surface area contributed by atoms with Gasteiger partial charge in [-0.1, -0.05) is 0 Å². The molecule has 9 nitrogen and oxygen atoms in total. The molecule has 0 rings (SSSR count). The molecule has 0 saturated heterocycles.